The second kappa shape index (κ2) is 5.42. The van der Waals surface area contributed by atoms with E-state index in [1.165, 1.54) is 0 Å². The molecule has 1 saturated carbocycles. The lowest BCUT2D eigenvalue weighted by atomic mass is 10.1. The summed E-state index contributed by atoms with van der Waals surface area (Å²) in [6.45, 7) is 3.81. The first-order valence-corrected chi connectivity index (χ1v) is 7.60. The van der Waals surface area contributed by atoms with Crippen molar-refractivity contribution in [3.8, 4) is 0 Å². The van der Waals surface area contributed by atoms with E-state index in [9.17, 15) is 8.42 Å². The van der Waals surface area contributed by atoms with Gasteiger partial charge in [-0.2, -0.15) is 0 Å². The van der Waals surface area contributed by atoms with Crippen molar-refractivity contribution in [1.29, 1.82) is 0 Å². The second-order valence-electron chi connectivity index (χ2n) is 4.69. The molecule has 1 unspecified atom stereocenters. The Bertz CT molecular complexity index is 346. The van der Waals surface area contributed by atoms with Gasteiger partial charge in [0.05, 0.1) is 16.3 Å². The molecule has 0 bridgehead atoms. The normalized spacial score (nSPS) is 20.2. The Morgan fingerprint density at radius 1 is 1.38 bits per heavy atom. The number of nitrogens with one attached hydrogen (secondary N) is 1. The summed E-state index contributed by atoms with van der Waals surface area (Å²) in [7, 11) is -3.27. The zero-order valence-corrected chi connectivity index (χ0v) is 11.4. The molecule has 0 saturated heterocycles. The third-order valence-electron chi connectivity index (χ3n) is 3.01. The fourth-order valence-corrected chi connectivity index (χ4v) is 4.30. The van der Waals surface area contributed by atoms with Crippen LogP contribution in [-0.2, 0) is 10.0 Å². The number of hydrogen-bond acceptors (Lipinski definition) is 3. The van der Waals surface area contributed by atoms with Crippen LogP contribution in [0.2, 0.25) is 0 Å². The maximum atomic E-state index is 12.0. The molecule has 1 fully saturated rings. The van der Waals surface area contributed by atoms with Gasteiger partial charge in [-0.05, 0) is 18.8 Å². The Hall–Kier alpha value is -0.200. The van der Waals surface area contributed by atoms with Gasteiger partial charge < -0.3 is 5.73 Å². The topological polar surface area (TPSA) is 72.2 Å². The summed E-state index contributed by atoms with van der Waals surface area (Å²) < 4.78 is 26.7. The molecule has 94 valence electrons. The van der Waals surface area contributed by atoms with Gasteiger partial charge in [-0.25, -0.2) is 13.1 Å². The fraction of sp³-hybridized carbons (Fsp3) is 0.900. The smallest absolute Gasteiger partial charge is 0.215 e. The molecule has 0 aromatic heterocycles. The van der Waals surface area contributed by atoms with E-state index >= 15 is 0 Å². The number of nitrogens with two attached hydrogens (primary N) is 1. The molecule has 6 heteroatoms. The van der Waals surface area contributed by atoms with Crippen molar-refractivity contribution in [2.24, 2.45) is 11.7 Å². The van der Waals surface area contributed by atoms with Gasteiger partial charge in [-0.3, -0.25) is 0 Å². The molecule has 1 aliphatic rings. The van der Waals surface area contributed by atoms with Crippen LogP contribution in [0.1, 0.15) is 39.5 Å². The van der Waals surface area contributed by atoms with Crippen LogP contribution in [-0.4, -0.2) is 24.7 Å². The Kier molecular flexibility index (Phi) is 4.70. The van der Waals surface area contributed by atoms with E-state index in [2.05, 4.69) is 4.72 Å². The molecule has 1 atom stereocenters. The van der Waals surface area contributed by atoms with E-state index < -0.39 is 16.1 Å². The predicted molar refractivity (Wildman–Crippen MR) is 69.7 cm³/mol. The number of thiocarbonyl (C=S) groups is 1. The highest BCUT2D eigenvalue weighted by atomic mass is 32.2. The van der Waals surface area contributed by atoms with E-state index in [1.54, 1.807) is 0 Å². The summed E-state index contributed by atoms with van der Waals surface area (Å²) in [4.78, 5) is 0.219. The Labute approximate surface area is 103 Å². The highest BCUT2D eigenvalue weighted by molar-refractivity contribution is 7.90. The van der Waals surface area contributed by atoms with E-state index in [-0.39, 0.29) is 16.2 Å². The first-order valence-electron chi connectivity index (χ1n) is 5.65. The molecular formula is C10H20N2O2S2. The van der Waals surface area contributed by atoms with Gasteiger partial charge in [0, 0.05) is 0 Å². The first-order chi connectivity index (χ1) is 7.34. The van der Waals surface area contributed by atoms with Crippen molar-refractivity contribution in [1.82, 2.24) is 4.72 Å². The van der Waals surface area contributed by atoms with Crippen LogP contribution in [0.4, 0.5) is 0 Å². The average Bonchev–Trinajstić information content (AvgIpc) is 2.66. The Balaban J connectivity index is 2.73. The maximum Gasteiger partial charge on any atom is 0.215 e. The summed E-state index contributed by atoms with van der Waals surface area (Å²) in [5.41, 5.74) is 5.55. The SMILES string of the molecule is CC(C)C(NS(=O)(=O)C1CCCC1)C(N)=S. The number of rotatable bonds is 5. The average molecular weight is 264 g/mol. The molecule has 0 aromatic carbocycles. The van der Waals surface area contributed by atoms with Gasteiger partial charge in [0.15, 0.2) is 0 Å². The van der Waals surface area contributed by atoms with Crippen molar-refractivity contribution in [2.45, 2.75) is 50.8 Å². The van der Waals surface area contributed by atoms with Gasteiger partial charge in [-0.1, -0.05) is 38.9 Å². The molecule has 0 radical (unpaired) electrons. The van der Waals surface area contributed by atoms with Crippen LogP contribution in [0.5, 0.6) is 0 Å². The molecule has 0 aromatic rings. The third-order valence-corrected chi connectivity index (χ3v) is 5.19. The lowest BCUT2D eigenvalue weighted by Crippen LogP contribution is -2.49. The summed E-state index contributed by atoms with van der Waals surface area (Å²) in [5.74, 6) is 0.0775. The quantitative estimate of drug-likeness (QED) is 0.731. The third kappa shape index (κ3) is 3.40. The zero-order valence-electron chi connectivity index (χ0n) is 9.77. The summed E-state index contributed by atoms with van der Waals surface area (Å²) in [6.07, 6.45) is 3.48. The van der Waals surface area contributed by atoms with Crippen LogP contribution in [0.3, 0.4) is 0 Å². The lowest BCUT2D eigenvalue weighted by Gasteiger charge is -2.23. The van der Waals surface area contributed by atoms with E-state index in [4.69, 9.17) is 18.0 Å². The molecule has 1 rings (SSSR count). The Morgan fingerprint density at radius 2 is 1.88 bits per heavy atom. The van der Waals surface area contributed by atoms with E-state index in [0.29, 0.717) is 0 Å². The lowest BCUT2D eigenvalue weighted by molar-refractivity contribution is 0.517. The fourth-order valence-electron chi connectivity index (χ4n) is 1.99. The van der Waals surface area contributed by atoms with Gasteiger partial charge >= 0.3 is 0 Å². The van der Waals surface area contributed by atoms with Crippen molar-refractivity contribution < 1.29 is 8.42 Å². The monoisotopic (exact) mass is 264 g/mol. The molecule has 3 N–H and O–H groups in total. The van der Waals surface area contributed by atoms with Crippen molar-refractivity contribution in [3.05, 3.63) is 0 Å². The zero-order chi connectivity index (χ0) is 12.3. The number of sulfonamides is 1. The minimum atomic E-state index is -3.27. The number of hydrogen-bond donors (Lipinski definition) is 2. The van der Waals surface area contributed by atoms with Gasteiger partial charge in [0.1, 0.15) is 0 Å². The van der Waals surface area contributed by atoms with Crippen LogP contribution in [0, 0.1) is 5.92 Å². The molecule has 0 spiro atoms. The highest BCUT2D eigenvalue weighted by Gasteiger charge is 2.32. The van der Waals surface area contributed by atoms with Crippen LogP contribution in [0.25, 0.3) is 0 Å². The molecule has 0 aliphatic heterocycles. The molecule has 0 heterocycles. The Morgan fingerprint density at radius 3 is 2.25 bits per heavy atom. The summed E-state index contributed by atoms with van der Waals surface area (Å²) in [5, 5.41) is -0.261. The predicted octanol–water partition coefficient (Wildman–Crippen LogP) is 1.16. The van der Waals surface area contributed by atoms with E-state index in [1.807, 2.05) is 13.8 Å². The van der Waals surface area contributed by atoms with Gasteiger partial charge in [0.25, 0.3) is 0 Å². The molecule has 0 amide bonds. The summed E-state index contributed by atoms with van der Waals surface area (Å²) in [6, 6.07) is -0.430. The standard InChI is InChI=1S/C10H20N2O2S2/c1-7(2)9(10(11)15)12-16(13,14)8-5-3-4-6-8/h7-9,12H,3-6H2,1-2H3,(H2,11,15). The molecule has 4 nitrogen and oxygen atoms in total. The van der Waals surface area contributed by atoms with Gasteiger partial charge in [-0.15, -0.1) is 0 Å². The van der Waals surface area contributed by atoms with E-state index in [0.717, 1.165) is 25.7 Å². The maximum absolute atomic E-state index is 12.0. The molecule has 16 heavy (non-hydrogen) atoms. The minimum Gasteiger partial charge on any atom is -0.392 e. The molecular weight excluding hydrogens is 244 g/mol. The minimum absolute atomic E-state index is 0.0775. The highest BCUT2D eigenvalue weighted by Crippen LogP contribution is 2.24. The molecule has 1 aliphatic carbocycles. The van der Waals surface area contributed by atoms with Crippen molar-refractivity contribution >= 4 is 27.2 Å². The van der Waals surface area contributed by atoms with Crippen LogP contribution >= 0.6 is 12.2 Å². The first kappa shape index (κ1) is 13.9. The van der Waals surface area contributed by atoms with Crippen molar-refractivity contribution in [3.63, 3.8) is 0 Å². The second-order valence-corrected chi connectivity index (χ2v) is 7.16. The van der Waals surface area contributed by atoms with Crippen LogP contribution < -0.4 is 10.5 Å². The largest absolute Gasteiger partial charge is 0.392 e. The van der Waals surface area contributed by atoms with Gasteiger partial charge in [0.2, 0.25) is 10.0 Å². The summed E-state index contributed by atoms with van der Waals surface area (Å²) >= 11 is 4.89. The van der Waals surface area contributed by atoms with Crippen molar-refractivity contribution in [2.75, 3.05) is 0 Å². The van der Waals surface area contributed by atoms with Crippen LogP contribution in [0.15, 0.2) is 0 Å².